The van der Waals surface area contributed by atoms with Crippen LogP contribution in [0.3, 0.4) is 0 Å². The van der Waals surface area contributed by atoms with Crippen molar-refractivity contribution in [3.05, 3.63) is 95.1 Å². The first-order chi connectivity index (χ1) is 14.4. The molecule has 30 heavy (non-hydrogen) atoms. The van der Waals surface area contributed by atoms with Gasteiger partial charge in [-0.1, -0.05) is 54.1 Å². The number of benzene rings is 3. The van der Waals surface area contributed by atoms with Gasteiger partial charge in [-0.3, -0.25) is 9.52 Å². The molecule has 5 nitrogen and oxygen atoms in total. The van der Waals surface area contributed by atoms with Gasteiger partial charge in [0.1, 0.15) is 0 Å². The summed E-state index contributed by atoms with van der Waals surface area (Å²) in [5, 5.41) is 0. The lowest BCUT2D eigenvalue weighted by Crippen LogP contribution is -2.35. The topological polar surface area (TPSA) is 66.5 Å². The normalized spacial score (nSPS) is 13.6. The number of anilines is 2. The van der Waals surface area contributed by atoms with Gasteiger partial charge in [-0.05, 0) is 55.2 Å². The molecule has 0 spiro atoms. The third-order valence-corrected chi connectivity index (χ3v) is 6.48. The molecule has 0 radical (unpaired) electrons. The second-order valence-corrected chi connectivity index (χ2v) is 9.34. The maximum atomic E-state index is 13.0. The first kappa shape index (κ1) is 20.2. The molecule has 1 aliphatic heterocycles. The highest BCUT2D eigenvalue weighted by Gasteiger charge is 2.24. The molecule has 0 aromatic heterocycles. The molecule has 0 atom stereocenters. The second-order valence-electron chi connectivity index (χ2n) is 7.62. The van der Waals surface area contributed by atoms with Crippen LogP contribution in [0.5, 0.6) is 0 Å². The number of nitrogens with one attached hydrogen (secondary N) is 1. The lowest BCUT2D eigenvalue weighted by molar-refractivity contribution is 0.0985. The van der Waals surface area contributed by atoms with Crippen LogP contribution in [0, 0.1) is 6.92 Å². The van der Waals surface area contributed by atoms with E-state index in [-0.39, 0.29) is 11.7 Å². The molecule has 1 heterocycles. The zero-order chi connectivity index (χ0) is 21.1. The quantitative estimate of drug-likeness (QED) is 0.659. The second kappa shape index (κ2) is 8.32. The van der Waals surface area contributed by atoms with Gasteiger partial charge < -0.3 is 4.90 Å². The predicted molar refractivity (Wildman–Crippen MR) is 120 cm³/mol. The minimum atomic E-state index is -3.57. The Kier molecular flexibility index (Phi) is 5.59. The van der Waals surface area contributed by atoms with Crippen molar-refractivity contribution in [3.8, 4) is 0 Å². The molecule has 0 aliphatic carbocycles. The largest absolute Gasteiger partial charge is 0.308 e. The molecule has 6 heteroatoms. The fraction of sp³-hybridized carbons (Fsp3) is 0.208. The highest BCUT2D eigenvalue weighted by atomic mass is 32.2. The van der Waals surface area contributed by atoms with E-state index in [1.165, 1.54) is 0 Å². The minimum absolute atomic E-state index is 0.0730. The number of amides is 1. The van der Waals surface area contributed by atoms with Crippen molar-refractivity contribution in [2.24, 2.45) is 0 Å². The number of fused-ring (bicyclic) bond motifs is 1. The maximum Gasteiger partial charge on any atom is 0.258 e. The van der Waals surface area contributed by atoms with E-state index in [4.69, 9.17) is 0 Å². The molecular formula is C24H24N2O3S. The lowest BCUT2D eigenvalue weighted by Gasteiger charge is -2.30. The van der Waals surface area contributed by atoms with Crippen molar-refractivity contribution in [1.82, 2.24) is 0 Å². The first-order valence-electron chi connectivity index (χ1n) is 9.97. The molecule has 1 amide bonds. The van der Waals surface area contributed by atoms with E-state index in [2.05, 4.69) is 4.72 Å². The lowest BCUT2D eigenvalue weighted by atomic mass is 10.00. The van der Waals surface area contributed by atoms with Crippen LogP contribution in [0.2, 0.25) is 0 Å². The molecule has 1 N–H and O–H groups in total. The number of nitrogens with zero attached hydrogens (tertiary/aromatic N) is 1. The minimum Gasteiger partial charge on any atom is -0.308 e. The summed E-state index contributed by atoms with van der Waals surface area (Å²) in [7, 11) is -3.57. The van der Waals surface area contributed by atoms with Crippen molar-refractivity contribution >= 4 is 27.3 Å². The van der Waals surface area contributed by atoms with Crippen molar-refractivity contribution in [2.75, 3.05) is 16.2 Å². The molecule has 1 aliphatic rings. The zero-order valence-corrected chi connectivity index (χ0v) is 17.7. The summed E-state index contributed by atoms with van der Waals surface area (Å²) in [6.07, 6.45) is 1.74. The average molecular weight is 421 g/mol. The Morgan fingerprint density at radius 1 is 1.00 bits per heavy atom. The zero-order valence-electron chi connectivity index (χ0n) is 16.8. The fourth-order valence-corrected chi connectivity index (χ4v) is 4.89. The van der Waals surface area contributed by atoms with E-state index in [0.717, 1.165) is 35.2 Å². The van der Waals surface area contributed by atoms with Gasteiger partial charge in [-0.25, -0.2) is 8.42 Å². The van der Waals surface area contributed by atoms with E-state index in [0.29, 0.717) is 17.8 Å². The molecule has 0 fully saturated rings. The summed E-state index contributed by atoms with van der Waals surface area (Å²) < 4.78 is 28.0. The number of hydrogen-bond acceptors (Lipinski definition) is 3. The molecule has 0 saturated heterocycles. The molecule has 0 unspecified atom stereocenters. The van der Waals surface area contributed by atoms with Crippen molar-refractivity contribution < 1.29 is 13.2 Å². The Hall–Kier alpha value is -3.12. The predicted octanol–water partition coefficient (Wildman–Crippen LogP) is 4.53. The average Bonchev–Trinajstić information content (AvgIpc) is 2.74. The van der Waals surface area contributed by atoms with Gasteiger partial charge in [0.15, 0.2) is 0 Å². The van der Waals surface area contributed by atoms with Crippen LogP contribution in [0.1, 0.15) is 33.5 Å². The fourth-order valence-electron chi connectivity index (χ4n) is 3.70. The number of carbonyl (C=O) groups is 1. The third-order valence-electron chi connectivity index (χ3n) is 5.22. The van der Waals surface area contributed by atoms with Crippen molar-refractivity contribution in [1.29, 1.82) is 0 Å². The summed E-state index contributed by atoms with van der Waals surface area (Å²) >= 11 is 0. The Bertz CT molecular complexity index is 1160. The van der Waals surface area contributed by atoms with E-state index in [9.17, 15) is 13.2 Å². The van der Waals surface area contributed by atoms with Crippen LogP contribution in [0.15, 0.2) is 72.8 Å². The smallest absolute Gasteiger partial charge is 0.258 e. The van der Waals surface area contributed by atoms with Crippen LogP contribution in [-0.2, 0) is 22.2 Å². The number of rotatable bonds is 5. The van der Waals surface area contributed by atoms with Crippen LogP contribution >= 0.6 is 0 Å². The molecule has 0 bridgehead atoms. The van der Waals surface area contributed by atoms with E-state index in [1.807, 2.05) is 55.5 Å². The summed E-state index contributed by atoms with van der Waals surface area (Å²) in [5.41, 5.74) is 4.72. The monoisotopic (exact) mass is 420 g/mol. The number of sulfonamides is 1. The van der Waals surface area contributed by atoms with E-state index < -0.39 is 10.0 Å². The molecule has 0 saturated carbocycles. The number of carbonyl (C=O) groups excluding carboxylic acids is 1. The number of aryl methyl sites for hydroxylation is 2. The van der Waals surface area contributed by atoms with Crippen LogP contribution in [0.4, 0.5) is 11.4 Å². The van der Waals surface area contributed by atoms with E-state index >= 15 is 0 Å². The van der Waals surface area contributed by atoms with Crippen LogP contribution in [0.25, 0.3) is 0 Å². The van der Waals surface area contributed by atoms with Gasteiger partial charge in [0.2, 0.25) is 10.0 Å². The Morgan fingerprint density at radius 3 is 2.47 bits per heavy atom. The van der Waals surface area contributed by atoms with Crippen molar-refractivity contribution in [2.45, 2.75) is 25.5 Å². The summed E-state index contributed by atoms with van der Waals surface area (Å²) in [5.74, 6) is -0.173. The van der Waals surface area contributed by atoms with Crippen molar-refractivity contribution in [3.63, 3.8) is 0 Å². The van der Waals surface area contributed by atoms with Gasteiger partial charge in [-0.2, -0.15) is 0 Å². The SMILES string of the molecule is Cc1ccc(CS(=O)(=O)Nc2ccc3c(c2)N(C(=O)c2ccccc2)CCC3)cc1. The van der Waals surface area contributed by atoms with Crippen LogP contribution < -0.4 is 9.62 Å². The summed E-state index contributed by atoms with van der Waals surface area (Å²) in [6.45, 7) is 2.58. The molecule has 3 aromatic carbocycles. The standard InChI is InChI=1S/C24H24N2O3S/c1-18-9-11-19(12-10-18)17-30(28,29)25-22-14-13-20-8-5-15-26(23(20)16-22)24(27)21-6-3-2-4-7-21/h2-4,6-7,9-14,16,25H,5,8,15,17H2,1H3. The molecule has 4 rings (SSSR count). The van der Waals surface area contributed by atoms with E-state index in [1.54, 1.807) is 29.2 Å². The highest BCUT2D eigenvalue weighted by molar-refractivity contribution is 7.91. The molecule has 154 valence electrons. The first-order valence-corrected chi connectivity index (χ1v) is 11.6. The summed E-state index contributed by atoms with van der Waals surface area (Å²) in [4.78, 5) is 14.8. The Labute approximate surface area is 177 Å². The summed E-state index contributed by atoms with van der Waals surface area (Å²) in [6, 6.07) is 22.0. The molecule has 3 aromatic rings. The molecular weight excluding hydrogens is 396 g/mol. The van der Waals surface area contributed by atoms with Gasteiger partial charge in [0, 0.05) is 17.8 Å². The maximum absolute atomic E-state index is 13.0. The van der Waals surface area contributed by atoms with Gasteiger partial charge in [0.05, 0.1) is 11.4 Å². The number of hydrogen-bond donors (Lipinski definition) is 1. The third kappa shape index (κ3) is 4.54. The Morgan fingerprint density at radius 2 is 1.73 bits per heavy atom. The van der Waals surface area contributed by atoms with Crippen LogP contribution in [-0.4, -0.2) is 20.9 Å². The highest BCUT2D eigenvalue weighted by Crippen LogP contribution is 2.31. The van der Waals surface area contributed by atoms with Gasteiger partial charge in [-0.15, -0.1) is 0 Å². The Balaban J connectivity index is 1.58. The van der Waals surface area contributed by atoms with Gasteiger partial charge in [0.25, 0.3) is 5.91 Å². The van der Waals surface area contributed by atoms with Gasteiger partial charge >= 0.3 is 0 Å².